The van der Waals surface area contributed by atoms with Gasteiger partial charge in [-0.25, -0.2) is 0 Å². The van der Waals surface area contributed by atoms with Crippen LogP contribution in [0.3, 0.4) is 0 Å². The van der Waals surface area contributed by atoms with E-state index in [2.05, 4.69) is 11.8 Å². The van der Waals surface area contributed by atoms with E-state index in [1.807, 2.05) is 18.2 Å². The minimum atomic E-state index is 0.00393. The predicted octanol–water partition coefficient (Wildman–Crippen LogP) is 3.88. The minimum Gasteiger partial charge on any atom is -0.393 e. The number of piperidine rings is 1. The summed E-state index contributed by atoms with van der Waals surface area (Å²) in [6.45, 7) is 4.94. The molecule has 0 unspecified atom stereocenters. The van der Waals surface area contributed by atoms with Gasteiger partial charge in [-0.2, -0.15) is 0 Å². The van der Waals surface area contributed by atoms with Crippen molar-refractivity contribution in [1.82, 2.24) is 4.90 Å². The molecule has 1 aromatic carbocycles. The van der Waals surface area contributed by atoms with Crippen LogP contribution in [-0.2, 0) is 6.54 Å². The second-order valence-electron chi connectivity index (χ2n) is 5.44. The van der Waals surface area contributed by atoms with Crippen molar-refractivity contribution in [3.05, 3.63) is 33.8 Å². The number of likely N-dealkylation sites (tertiary alicyclic amines) is 1. The second-order valence-corrected chi connectivity index (χ2v) is 6.72. The Kier molecular flexibility index (Phi) is 4.72. The molecule has 1 heterocycles. The van der Waals surface area contributed by atoms with Crippen molar-refractivity contribution in [1.29, 1.82) is 0 Å². The Hall–Kier alpha value is -0.350. The number of benzene rings is 1. The lowest BCUT2D eigenvalue weighted by molar-refractivity contribution is 0.158. The number of hydrogen-bond acceptors (Lipinski definition) is 2. The maximum Gasteiger partial charge on any atom is 0.0788 e. The molecule has 2 N–H and O–H groups in total. The van der Waals surface area contributed by atoms with E-state index in [1.165, 1.54) is 0 Å². The molecule has 0 amide bonds. The Morgan fingerprint density at radius 2 is 2.00 bits per heavy atom. The van der Waals surface area contributed by atoms with E-state index >= 15 is 0 Å². The van der Waals surface area contributed by atoms with Crippen LogP contribution >= 0.6 is 35.4 Å². The van der Waals surface area contributed by atoms with Crippen LogP contribution in [0, 0.1) is 5.41 Å². The van der Waals surface area contributed by atoms with Gasteiger partial charge in [0.05, 0.1) is 4.99 Å². The summed E-state index contributed by atoms with van der Waals surface area (Å²) in [5.74, 6) is 0. The highest BCUT2D eigenvalue weighted by Crippen LogP contribution is 2.32. The Labute approximate surface area is 129 Å². The first kappa shape index (κ1) is 15.0. The van der Waals surface area contributed by atoms with Gasteiger partial charge in [0.2, 0.25) is 0 Å². The molecule has 1 saturated heterocycles. The fraction of sp³-hybridized carbons (Fsp3) is 0.500. The third-order valence-electron chi connectivity index (χ3n) is 3.96. The molecule has 0 bridgehead atoms. The van der Waals surface area contributed by atoms with Crippen LogP contribution in [0.4, 0.5) is 0 Å². The Morgan fingerprint density at radius 1 is 1.37 bits per heavy atom. The maximum absolute atomic E-state index is 6.20. The molecule has 0 radical (unpaired) electrons. The summed E-state index contributed by atoms with van der Waals surface area (Å²) in [4.78, 5) is 3.00. The van der Waals surface area contributed by atoms with Gasteiger partial charge in [0.15, 0.2) is 0 Å². The molecule has 0 saturated carbocycles. The third kappa shape index (κ3) is 3.60. The molecule has 2 rings (SSSR count). The van der Waals surface area contributed by atoms with Gasteiger partial charge in [0.25, 0.3) is 0 Å². The molecule has 0 spiro atoms. The summed E-state index contributed by atoms with van der Waals surface area (Å²) in [7, 11) is 0. The molecule has 104 valence electrons. The number of halogens is 2. The molecule has 0 atom stereocenters. The predicted molar refractivity (Wildman–Crippen MR) is 85.9 cm³/mol. The zero-order valence-electron chi connectivity index (χ0n) is 11.0. The Morgan fingerprint density at radius 3 is 2.58 bits per heavy atom. The van der Waals surface area contributed by atoms with E-state index in [0.29, 0.717) is 4.99 Å². The monoisotopic (exact) mass is 316 g/mol. The first-order chi connectivity index (χ1) is 8.90. The molecule has 0 aliphatic carbocycles. The van der Waals surface area contributed by atoms with Crippen LogP contribution in [0.25, 0.3) is 0 Å². The Bertz CT molecular complexity index is 482. The van der Waals surface area contributed by atoms with Gasteiger partial charge in [-0.05, 0) is 49.7 Å². The maximum atomic E-state index is 6.20. The average Bonchev–Trinajstić information content (AvgIpc) is 2.36. The molecule has 0 aromatic heterocycles. The van der Waals surface area contributed by atoms with Crippen molar-refractivity contribution in [2.45, 2.75) is 26.3 Å². The van der Waals surface area contributed by atoms with Gasteiger partial charge >= 0.3 is 0 Å². The lowest BCUT2D eigenvalue weighted by atomic mass is 9.80. The van der Waals surface area contributed by atoms with Crippen LogP contribution in [0.5, 0.6) is 0 Å². The van der Waals surface area contributed by atoms with E-state index in [4.69, 9.17) is 41.2 Å². The van der Waals surface area contributed by atoms with E-state index in [0.717, 1.165) is 48.1 Å². The van der Waals surface area contributed by atoms with Gasteiger partial charge < -0.3 is 5.73 Å². The van der Waals surface area contributed by atoms with E-state index < -0.39 is 0 Å². The van der Waals surface area contributed by atoms with Crippen LogP contribution in [-0.4, -0.2) is 23.0 Å². The summed E-state index contributed by atoms with van der Waals surface area (Å²) < 4.78 is 0. The van der Waals surface area contributed by atoms with Gasteiger partial charge in [-0.3, -0.25) is 4.90 Å². The van der Waals surface area contributed by atoms with E-state index in [9.17, 15) is 0 Å². The molecule has 5 heteroatoms. The van der Waals surface area contributed by atoms with Gasteiger partial charge in [-0.15, -0.1) is 0 Å². The number of hydrogen-bond donors (Lipinski definition) is 1. The molecular weight excluding hydrogens is 299 g/mol. The molecule has 2 nitrogen and oxygen atoms in total. The third-order valence-corrected chi connectivity index (χ3v) is 5.05. The quantitative estimate of drug-likeness (QED) is 0.858. The van der Waals surface area contributed by atoms with Crippen molar-refractivity contribution in [2.75, 3.05) is 13.1 Å². The lowest BCUT2D eigenvalue weighted by Gasteiger charge is -2.38. The van der Waals surface area contributed by atoms with Crippen molar-refractivity contribution in [3.63, 3.8) is 0 Å². The highest BCUT2D eigenvalue weighted by molar-refractivity contribution is 7.80. The van der Waals surface area contributed by atoms with Crippen molar-refractivity contribution in [3.8, 4) is 0 Å². The summed E-state index contributed by atoms with van der Waals surface area (Å²) in [5, 5.41) is 1.50. The summed E-state index contributed by atoms with van der Waals surface area (Å²) in [6.07, 6.45) is 2.00. The highest BCUT2D eigenvalue weighted by atomic mass is 35.5. The first-order valence-electron chi connectivity index (χ1n) is 6.37. The smallest absolute Gasteiger partial charge is 0.0788 e. The topological polar surface area (TPSA) is 29.3 Å². The first-order valence-corrected chi connectivity index (χ1v) is 7.53. The normalized spacial score (nSPS) is 19.3. The fourth-order valence-corrected chi connectivity index (χ4v) is 2.93. The molecule has 19 heavy (non-hydrogen) atoms. The summed E-state index contributed by atoms with van der Waals surface area (Å²) in [6, 6.07) is 5.60. The fourth-order valence-electron chi connectivity index (χ4n) is 2.36. The van der Waals surface area contributed by atoms with Crippen molar-refractivity contribution >= 4 is 40.4 Å². The summed E-state index contributed by atoms with van der Waals surface area (Å²) >= 11 is 17.4. The zero-order valence-corrected chi connectivity index (χ0v) is 13.3. The van der Waals surface area contributed by atoms with Crippen LogP contribution in [0.2, 0.25) is 10.0 Å². The standard InChI is InChI=1S/C14H18Cl2N2S/c1-14(13(17)19)4-6-18(7-5-14)9-10-8-11(15)2-3-12(10)16/h2-3,8H,4-7,9H2,1H3,(H2,17,19). The molecule has 1 aliphatic heterocycles. The lowest BCUT2D eigenvalue weighted by Crippen LogP contribution is -2.44. The van der Waals surface area contributed by atoms with E-state index in [1.54, 1.807) is 0 Å². The van der Waals surface area contributed by atoms with E-state index in [-0.39, 0.29) is 5.41 Å². The SMILES string of the molecule is CC1(C(N)=S)CCN(Cc2cc(Cl)ccc2Cl)CC1. The molecular formula is C14H18Cl2N2S. The number of nitrogens with zero attached hydrogens (tertiary/aromatic N) is 1. The number of nitrogens with two attached hydrogens (primary N) is 1. The van der Waals surface area contributed by atoms with Crippen molar-refractivity contribution in [2.24, 2.45) is 11.1 Å². The average molecular weight is 317 g/mol. The number of thiocarbonyl (C=S) groups is 1. The second kappa shape index (κ2) is 5.96. The largest absolute Gasteiger partial charge is 0.393 e. The number of rotatable bonds is 3. The van der Waals surface area contributed by atoms with Crippen LogP contribution < -0.4 is 5.73 Å². The molecule has 1 fully saturated rings. The zero-order chi connectivity index (χ0) is 14.0. The summed E-state index contributed by atoms with van der Waals surface area (Å²) in [5.41, 5.74) is 6.90. The minimum absolute atomic E-state index is 0.00393. The van der Waals surface area contributed by atoms with Crippen LogP contribution in [0.1, 0.15) is 25.3 Å². The van der Waals surface area contributed by atoms with Gasteiger partial charge in [-0.1, -0.05) is 42.3 Å². The Balaban J connectivity index is 1.99. The van der Waals surface area contributed by atoms with Gasteiger partial charge in [0.1, 0.15) is 0 Å². The van der Waals surface area contributed by atoms with Crippen LogP contribution in [0.15, 0.2) is 18.2 Å². The molecule has 1 aromatic rings. The molecule has 1 aliphatic rings. The van der Waals surface area contributed by atoms with Crippen molar-refractivity contribution < 1.29 is 0 Å². The van der Waals surface area contributed by atoms with Gasteiger partial charge in [0, 0.05) is 22.0 Å². The highest BCUT2D eigenvalue weighted by Gasteiger charge is 2.32.